The van der Waals surface area contributed by atoms with Crippen LogP contribution in [0.3, 0.4) is 0 Å². The first-order valence-electron chi connectivity index (χ1n) is 5.27. The van der Waals surface area contributed by atoms with E-state index in [1.54, 1.807) is 12.1 Å². The second kappa shape index (κ2) is 5.39. The van der Waals surface area contributed by atoms with Crippen LogP contribution in [0.1, 0.15) is 21.5 Å². The Labute approximate surface area is 110 Å². The molecule has 0 aliphatic carbocycles. The number of carboxylic acid groups (broad SMARTS) is 1. The maximum atomic E-state index is 10.8. The van der Waals surface area contributed by atoms with Gasteiger partial charge < -0.3 is 5.11 Å². The molecule has 3 heteroatoms. The Kier molecular flexibility index (Phi) is 3.66. The minimum Gasteiger partial charge on any atom is -0.478 e. The monoisotopic (exact) mass is 256 g/mol. The van der Waals surface area contributed by atoms with Crippen molar-refractivity contribution < 1.29 is 9.90 Å². The predicted molar refractivity (Wildman–Crippen MR) is 70.8 cm³/mol. The van der Waals surface area contributed by atoms with Crippen LogP contribution in [0.25, 0.3) is 0 Å². The van der Waals surface area contributed by atoms with Crippen molar-refractivity contribution in [1.82, 2.24) is 0 Å². The molecule has 1 N–H and O–H groups in total. The Morgan fingerprint density at radius 3 is 2.28 bits per heavy atom. The number of carbonyl (C=O) groups is 1. The maximum Gasteiger partial charge on any atom is 0.337 e. The molecule has 0 fully saturated rings. The first kappa shape index (κ1) is 12.2. The minimum atomic E-state index is -1.04. The molecule has 0 unspecified atom stereocenters. The van der Waals surface area contributed by atoms with Crippen molar-refractivity contribution in [2.75, 3.05) is 0 Å². The van der Waals surface area contributed by atoms with Crippen LogP contribution < -0.4 is 0 Å². The first-order chi connectivity index (χ1) is 8.66. The van der Waals surface area contributed by atoms with Gasteiger partial charge in [-0.05, 0) is 30.3 Å². The number of halogens is 1. The molecule has 0 bridgehead atoms. The van der Waals surface area contributed by atoms with Crippen LogP contribution in [-0.2, 0) is 0 Å². The molecule has 18 heavy (non-hydrogen) atoms. The van der Waals surface area contributed by atoms with Crippen LogP contribution in [0, 0.1) is 11.8 Å². The van der Waals surface area contributed by atoms with Crippen molar-refractivity contribution in [2.24, 2.45) is 0 Å². The van der Waals surface area contributed by atoms with Gasteiger partial charge in [0.05, 0.1) is 10.6 Å². The van der Waals surface area contributed by atoms with E-state index in [1.165, 1.54) is 6.07 Å². The number of rotatable bonds is 1. The SMILES string of the molecule is O=C(O)c1ccc(C#Cc2ccccc2)cc1Cl. The van der Waals surface area contributed by atoms with Crippen molar-refractivity contribution in [3.8, 4) is 11.8 Å². The third-order valence-corrected chi connectivity index (χ3v) is 2.64. The first-order valence-corrected chi connectivity index (χ1v) is 5.64. The van der Waals surface area contributed by atoms with Crippen LogP contribution in [-0.4, -0.2) is 11.1 Å². The van der Waals surface area contributed by atoms with Gasteiger partial charge in [0.1, 0.15) is 0 Å². The molecular weight excluding hydrogens is 248 g/mol. The zero-order chi connectivity index (χ0) is 13.0. The van der Waals surface area contributed by atoms with Crippen molar-refractivity contribution in [1.29, 1.82) is 0 Å². The van der Waals surface area contributed by atoms with E-state index in [2.05, 4.69) is 11.8 Å². The molecule has 0 aliphatic heterocycles. The third-order valence-electron chi connectivity index (χ3n) is 2.32. The molecule has 0 heterocycles. The van der Waals surface area contributed by atoms with Crippen molar-refractivity contribution in [3.05, 3.63) is 70.2 Å². The summed E-state index contributed by atoms with van der Waals surface area (Å²) in [5.41, 5.74) is 1.67. The van der Waals surface area contributed by atoms with Crippen LogP contribution >= 0.6 is 11.6 Å². The van der Waals surface area contributed by atoms with Gasteiger partial charge in [-0.3, -0.25) is 0 Å². The Hall–Kier alpha value is -2.24. The average Bonchev–Trinajstić information content (AvgIpc) is 2.37. The Bertz CT molecular complexity index is 637. The lowest BCUT2D eigenvalue weighted by molar-refractivity contribution is 0.0697. The highest BCUT2D eigenvalue weighted by atomic mass is 35.5. The molecule has 2 nitrogen and oxygen atoms in total. The lowest BCUT2D eigenvalue weighted by Gasteiger charge is -1.98. The number of benzene rings is 2. The van der Waals surface area contributed by atoms with E-state index in [1.807, 2.05) is 30.3 Å². The summed E-state index contributed by atoms with van der Waals surface area (Å²) in [7, 11) is 0. The van der Waals surface area contributed by atoms with Crippen LogP contribution in [0.2, 0.25) is 5.02 Å². The second-order valence-electron chi connectivity index (χ2n) is 3.62. The highest BCUT2D eigenvalue weighted by Crippen LogP contribution is 2.17. The summed E-state index contributed by atoms with van der Waals surface area (Å²) < 4.78 is 0. The molecule has 2 aromatic rings. The normalized spacial score (nSPS) is 9.39. The molecule has 0 aliphatic rings. The van der Waals surface area contributed by atoms with Crippen LogP contribution in [0.5, 0.6) is 0 Å². The Balaban J connectivity index is 2.29. The average molecular weight is 257 g/mol. The zero-order valence-corrected chi connectivity index (χ0v) is 10.1. The summed E-state index contributed by atoms with van der Waals surface area (Å²) in [5, 5.41) is 9.04. The van der Waals surface area contributed by atoms with Gasteiger partial charge in [-0.1, -0.05) is 41.6 Å². The fourth-order valence-corrected chi connectivity index (χ4v) is 1.69. The van der Waals surface area contributed by atoms with E-state index >= 15 is 0 Å². The molecular formula is C15H9ClO2. The fraction of sp³-hybridized carbons (Fsp3) is 0. The standard InChI is InChI=1S/C15H9ClO2/c16-14-10-12(8-9-13(14)15(17)18)7-6-11-4-2-1-3-5-11/h1-5,8-10H,(H,17,18). The third kappa shape index (κ3) is 2.91. The van der Waals surface area contributed by atoms with E-state index in [4.69, 9.17) is 16.7 Å². The molecule has 2 rings (SSSR count). The highest BCUT2D eigenvalue weighted by molar-refractivity contribution is 6.33. The lowest BCUT2D eigenvalue weighted by atomic mass is 10.1. The topological polar surface area (TPSA) is 37.3 Å². The van der Waals surface area contributed by atoms with Gasteiger partial charge >= 0.3 is 5.97 Å². The van der Waals surface area contributed by atoms with E-state index in [0.717, 1.165) is 5.56 Å². The highest BCUT2D eigenvalue weighted by Gasteiger charge is 2.07. The number of hydrogen-bond donors (Lipinski definition) is 1. The molecule has 0 saturated carbocycles. The molecule has 2 aromatic carbocycles. The van der Waals surface area contributed by atoms with E-state index < -0.39 is 5.97 Å². The molecule has 0 aromatic heterocycles. The number of carboxylic acids is 1. The molecule has 0 atom stereocenters. The number of hydrogen-bond acceptors (Lipinski definition) is 1. The van der Waals surface area contributed by atoms with Gasteiger partial charge in [0, 0.05) is 11.1 Å². The van der Waals surface area contributed by atoms with Crippen molar-refractivity contribution >= 4 is 17.6 Å². The fourth-order valence-electron chi connectivity index (χ4n) is 1.43. The summed E-state index contributed by atoms with van der Waals surface area (Å²) in [4.78, 5) is 10.8. The maximum absolute atomic E-state index is 10.8. The van der Waals surface area contributed by atoms with Gasteiger partial charge in [-0.25, -0.2) is 4.79 Å². The van der Waals surface area contributed by atoms with Gasteiger partial charge in [-0.15, -0.1) is 0 Å². The van der Waals surface area contributed by atoms with E-state index in [0.29, 0.717) is 5.56 Å². The predicted octanol–water partition coefficient (Wildman–Crippen LogP) is 3.44. The molecule has 88 valence electrons. The smallest absolute Gasteiger partial charge is 0.337 e. The minimum absolute atomic E-state index is 0.0851. The van der Waals surface area contributed by atoms with Crippen molar-refractivity contribution in [2.45, 2.75) is 0 Å². The molecule has 0 radical (unpaired) electrons. The molecule has 0 spiro atoms. The van der Waals surface area contributed by atoms with Gasteiger partial charge in [0.2, 0.25) is 0 Å². The quantitative estimate of drug-likeness (QED) is 0.794. The van der Waals surface area contributed by atoms with Crippen LogP contribution in [0.15, 0.2) is 48.5 Å². The largest absolute Gasteiger partial charge is 0.478 e. The van der Waals surface area contributed by atoms with Crippen LogP contribution in [0.4, 0.5) is 0 Å². The Morgan fingerprint density at radius 2 is 1.67 bits per heavy atom. The summed E-state index contributed by atoms with van der Waals surface area (Å²) in [6.07, 6.45) is 0. The van der Waals surface area contributed by atoms with Gasteiger partial charge in [0.15, 0.2) is 0 Å². The molecule has 0 amide bonds. The van der Waals surface area contributed by atoms with E-state index in [9.17, 15) is 4.79 Å². The second-order valence-corrected chi connectivity index (χ2v) is 4.02. The zero-order valence-electron chi connectivity index (χ0n) is 9.35. The summed E-state index contributed by atoms with van der Waals surface area (Å²) in [5.74, 6) is 4.88. The van der Waals surface area contributed by atoms with Gasteiger partial charge in [0.25, 0.3) is 0 Å². The lowest BCUT2D eigenvalue weighted by Crippen LogP contribution is -1.97. The van der Waals surface area contributed by atoms with E-state index in [-0.39, 0.29) is 10.6 Å². The van der Waals surface area contributed by atoms with Crippen molar-refractivity contribution in [3.63, 3.8) is 0 Å². The summed E-state index contributed by atoms with van der Waals surface area (Å²) in [6.45, 7) is 0. The molecule has 0 saturated heterocycles. The van der Waals surface area contributed by atoms with Gasteiger partial charge in [-0.2, -0.15) is 0 Å². The summed E-state index contributed by atoms with van der Waals surface area (Å²) in [6, 6.07) is 14.2. The summed E-state index contributed by atoms with van der Waals surface area (Å²) >= 11 is 5.86. The Morgan fingerprint density at radius 1 is 1.00 bits per heavy atom. The number of aromatic carboxylic acids is 1.